The summed E-state index contributed by atoms with van der Waals surface area (Å²) in [5.41, 5.74) is 5.80. The van der Waals surface area contributed by atoms with Crippen LogP contribution in [0.15, 0.2) is 36.5 Å². The van der Waals surface area contributed by atoms with E-state index in [9.17, 15) is 0 Å². The van der Waals surface area contributed by atoms with Crippen LogP contribution in [0.25, 0.3) is 22.5 Å². The van der Waals surface area contributed by atoms with Gasteiger partial charge in [-0.3, -0.25) is 9.58 Å². The monoisotopic (exact) mass is 379 g/mol. The number of aryl methyl sites for hydroxylation is 1. The molecule has 5 rings (SSSR count). The van der Waals surface area contributed by atoms with Gasteiger partial charge in [0.1, 0.15) is 18.2 Å². The normalized spacial score (nSPS) is 16.3. The topological polar surface area (TPSA) is 67.3 Å². The molecule has 0 amide bonds. The summed E-state index contributed by atoms with van der Waals surface area (Å²) in [4.78, 5) is 5.88. The molecule has 3 aromatic rings. The lowest BCUT2D eigenvalue weighted by Gasteiger charge is -2.26. The van der Waals surface area contributed by atoms with Gasteiger partial charge in [-0.25, -0.2) is 0 Å². The number of fused-ring (bicyclic) bond motifs is 3. The van der Waals surface area contributed by atoms with Gasteiger partial charge in [-0.15, -0.1) is 0 Å². The Balaban J connectivity index is 1.27. The Morgan fingerprint density at radius 2 is 2.00 bits per heavy atom. The van der Waals surface area contributed by atoms with Gasteiger partial charge in [0.25, 0.3) is 0 Å². The number of morpholine rings is 1. The summed E-state index contributed by atoms with van der Waals surface area (Å²) in [6.45, 7) is 6.06. The number of hydrogen-bond acceptors (Lipinski definition) is 5. The Bertz CT molecular complexity index is 954. The fraction of sp³-hybridized carbons (Fsp3) is 0.381. The highest BCUT2D eigenvalue weighted by Gasteiger charge is 2.22. The van der Waals surface area contributed by atoms with E-state index < -0.39 is 0 Å². The molecule has 0 bridgehead atoms. The lowest BCUT2D eigenvalue weighted by molar-refractivity contribution is 0.0322. The van der Waals surface area contributed by atoms with Crippen molar-refractivity contribution in [2.75, 3.05) is 44.8 Å². The van der Waals surface area contributed by atoms with E-state index in [4.69, 9.17) is 9.47 Å². The minimum absolute atomic E-state index is 0.698. The summed E-state index contributed by atoms with van der Waals surface area (Å²) in [5, 5.41) is 7.83. The van der Waals surface area contributed by atoms with Crippen LogP contribution in [0.4, 0.5) is 5.82 Å². The van der Waals surface area contributed by atoms with Crippen LogP contribution in [0.2, 0.25) is 0 Å². The molecular weight excluding hydrogens is 354 g/mol. The maximum absolute atomic E-state index is 5.92. The maximum Gasteiger partial charge on any atom is 0.119 e. The van der Waals surface area contributed by atoms with E-state index in [1.165, 1.54) is 16.8 Å². The quantitative estimate of drug-likeness (QED) is 0.714. The Morgan fingerprint density at radius 3 is 2.82 bits per heavy atom. The van der Waals surface area contributed by atoms with Crippen molar-refractivity contribution in [3.05, 3.63) is 42.1 Å². The molecule has 0 spiro atoms. The third-order valence-corrected chi connectivity index (χ3v) is 5.49. The summed E-state index contributed by atoms with van der Waals surface area (Å²) in [7, 11) is 1.99. The minimum atomic E-state index is 0.698. The molecule has 2 aliphatic heterocycles. The molecule has 0 saturated carbocycles. The van der Waals surface area contributed by atoms with Crippen molar-refractivity contribution in [2.24, 2.45) is 7.05 Å². The predicted molar refractivity (Wildman–Crippen MR) is 109 cm³/mol. The lowest BCUT2D eigenvalue weighted by atomic mass is 10.1. The Morgan fingerprint density at radius 1 is 1.18 bits per heavy atom. The second kappa shape index (κ2) is 7.33. The molecule has 0 aliphatic carbocycles. The number of aromatic nitrogens is 3. The standard InChI is InChI=1S/C21H25N5O2/c1-25-20-16(14-23-25)13-22-21-18(20)12-19(24-21)15-2-4-17(5-3-15)28-11-8-26-6-9-27-10-7-26/h2-5,12,14,22,24H,6-11,13H2,1H3. The van der Waals surface area contributed by atoms with Gasteiger partial charge in [0, 0.05) is 50.0 Å². The number of ether oxygens (including phenoxy) is 2. The molecule has 0 radical (unpaired) electrons. The maximum atomic E-state index is 5.92. The van der Waals surface area contributed by atoms with E-state index in [1.54, 1.807) is 0 Å². The number of rotatable bonds is 5. The average Bonchev–Trinajstić information content (AvgIpc) is 3.33. The molecule has 7 nitrogen and oxygen atoms in total. The first kappa shape index (κ1) is 17.3. The van der Waals surface area contributed by atoms with Crippen molar-refractivity contribution in [1.82, 2.24) is 19.7 Å². The summed E-state index contributed by atoms with van der Waals surface area (Å²) >= 11 is 0. The van der Waals surface area contributed by atoms with E-state index in [2.05, 4.69) is 38.5 Å². The Labute approximate surface area is 164 Å². The smallest absolute Gasteiger partial charge is 0.119 e. The Hall–Kier alpha value is -2.77. The van der Waals surface area contributed by atoms with Crippen LogP contribution in [0.5, 0.6) is 5.75 Å². The van der Waals surface area contributed by atoms with Crippen molar-refractivity contribution < 1.29 is 9.47 Å². The number of H-pyrrole nitrogens is 1. The van der Waals surface area contributed by atoms with Crippen molar-refractivity contribution in [2.45, 2.75) is 6.54 Å². The van der Waals surface area contributed by atoms with Gasteiger partial charge >= 0.3 is 0 Å². The number of aromatic amines is 1. The van der Waals surface area contributed by atoms with Gasteiger partial charge in [-0.1, -0.05) is 0 Å². The van der Waals surface area contributed by atoms with Crippen LogP contribution in [0, 0.1) is 0 Å². The average molecular weight is 379 g/mol. The van der Waals surface area contributed by atoms with E-state index in [0.717, 1.165) is 62.2 Å². The summed E-state index contributed by atoms with van der Waals surface area (Å²) < 4.78 is 13.2. The number of benzene rings is 1. The third kappa shape index (κ3) is 3.27. The number of hydrogen-bond donors (Lipinski definition) is 2. The van der Waals surface area contributed by atoms with Crippen LogP contribution < -0.4 is 10.1 Å². The molecule has 2 aromatic heterocycles. The predicted octanol–water partition coefficient (Wildman–Crippen LogP) is 2.72. The molecule has 146 valence electrons. The van der Waals surface area contributed by atoms with Gasteiger partial charge in [0.05, 0.1) is 25.1 Å². The first-order valence-electron chi connectivity index (χ1n) is 9.79. The second-order valence-electron chi connectivity index (χ2n) is 7.29. The van der Waals surface area contributed by atoms with Gasteiger partial charge < -0.3 is 19.8 Å². The fourth-order valence-electron chi connectivity index (χ4n) is 3.93. The van der Waals surface area contributed by atoms with Crippen LogP contribution in [0.1, 0.15) is 5.56 Å². The first-order valence-corrected chi connectivity index (χ1v) is 9.79. The van der Waals surface area contributed by atoms with Crippen molar-refractivity contribution in [3.8, 4) is 28.3 Å². The van der Waals surface area contributed by atoms with Crippen molar-refractivity contribution in [1.29, 1.82) is 0 Å². The molecule has 2 N–H and O–H groups in total. The van der Waals surface area contributed by atoms with Crippen LogP contribution in [-0.4, -0.2) is 59.1 Å². The van der Waals surface area contributed by atoms with E-state index >= 15 is 0 Å². The lowest BCUT2D eigenvalue weighted by Crippen LogP contribution is -2.38. The van der Waals surface area contributed by atoms with Gasteiger partial charge in [0.15, 0.2) is 0 Å². The van der Waals surface area contributed by atoms with Gasteiger partial charge in [-0.05, 0) is 35.9 Å². The third-order valence-electron chi connectivity index (χ3n) is 5.49. The Kier molecular flexibility index (Phi) is 4.54. The first-order chi connectivity index (χ1) is 13.8. The summed E-state index contributed by atoms with van der Waals surface area (Å²) in [5.74, 6) is 1.96. The largest absolute Gasteiger partial charge is 0.492 e. The summed E-state index contributed by atoms with van der Waals surface area (Å²) in [6, 6.07) is 10.5. The molecule has 1 aromatic carbocycles. The number of nitrogens with one attached hydrogen (secondary N) is 2. The molecule has 28 heavy (non-hydrogen) atoms. The molecule has 7 heteroatoms. The molecule has 1 fully saturated rings. The van der Waals surface area contributed by atoms with Gasteiger partial charge in [0.2, 0.25) is 0 Å². The molecule has 0 atom stereocenters. The highest BCUT2D eigenvalue weighted by Crippen LogP contribution is 2.38. The van der Waals surface area contributed by atoms with E-state index in [0.29, 0.717) is 6.61 Å². The zero-order valence-electron chi connectivity index (χ0n) is 16.1. The number of nitrogens with zero attached hydrogens (tertiary/aromatic N) is 3. The molecule has 0 unspecified atom stereocenters. The second-order valence-corrected chi connectivity index (χ2v) is 7.29. The molecule has 4 heterocycles. The molecule has 1 saturated heterocycles. The van der Waals surface area contributed by atoms with E-state index in [1.807, 2.05) is 30.1 Å². The van der Waals surface area contributed by atoms with Gasteiger partial charge in [-0.2, -0.15) is 5.10 Å². The van der Waals surface area contributed by atoms with E-state index in [-0.39, 0.29) is 0 Å². The zero-order valence-corrected chi connectivity index (χ0v) is 16.1. The van der Waals surface area contributed by atoms with Crippen LogP contribution >= 0.6 is 0 Å². The highest BCUT2D eigenvalue weighted by molar-refractivity contribution is 5.84. The number of anilines is 1. The molecule has 2 aliphatic rings. The zero-order chi connectivity index (χ0) is 18.9. The highest BCUT2D eigenvalue weighted by atomic mass is 16.5. The van der Waals surface area contributed by atoms with Crippen LogP contribution in [0.3, 0.4) is 0 Å². The van der Waals surface area contributed by atoms with Crippen molar-refractivity contribution >= 4 is 5.82 Å². The summed E-state index contributed by atoms with van der Waals surface area (Å²) in [6.07, 6.45) is 1.93. The fourth-order valence-corrected chi connectivity index (χ4v) is 3.93. The van der Waals surface area contributed by atoms with Crippen molar-refractivity contribution in [3.63, 3.8) is 0 Å². The SMILES string of the molecule is Cn1ncc2c1-c1cc(-c3ccc(OCCN4CCOCC4)cc3)[nH]c1NC2. The molecular formula is C21H25N5O2. The minimum Gasteiger partial charge on any atom is -0.492 e. The van der Waals surface area contributed by atoms with Crippen LogP contribution in [-0.2, 0) is 18.3 Å².